The molecular weight excluding hydrogens is 182 g/mol. The highest BCUT2D eigenvalue weighted by Crippen LogP contribution is 2.24. The molecule has 0 atom stereocenters. The van der Waals surface area contributed by atoms with Gasteiger partial charge in [0.15, 0.2) is 5.69 Å². The van der Waals surface area contributed by atoms with E-state index >= 15 is 0 Å². The monoisotopic (exact) mass is 193 g/mol. The highest BCUT2D eigenvalue weighted by molar-refractivity contribution is 5.88. The van der Waals surface area contributed by atoms with E-state index in [1.54, 1.807) is 0 Å². The van der Waals surface area contributed by atoms with Gasteiger partial charge >= 0.3 is 5.97 Å². The third-order valence-electron chi connectivity index (χ3n) is 1.80. The van der Waals surface area contributed by atoms with Gasteiger partial charge in [-0.3, -0.25) is 5.10 Å². The summed E-state index contributed by atoms with van der Waals surface area (Å²) in [6.45, 7) is 5.61. The molecule has 0 aliphatic rings. The fourth-order valence-corrected chi connectivity index (χ4v) is 1.15. The summed E-state index contributed by atoms with van der Waals surface area (Å²) in [5.41, 5.74) is 0.120. The van der Waals surface area contributed by atoms with Crippen LogP contribution in [0.3, 0.4) is 0 Å². The highest BCUT2D eigenvalue weighted by Gasteiger charge is 2.26. The standard InChI is InChI=1S/C9H11N3O2/c1-9(2,3)7-5(4-10)6(8(13)14)11-12-7/h1-3H3,(H,11,12)(H,13,14). The zero-order chi connectivity index (χ0) is 10.9. The van der Waals surface area contributed by atoms with Crippen molar-refractivity contribution in [2.75, 3.05) is 0 Å². The average molecular weight is 193 g/mol. The third kappa shape index (κ3) is 1.59. The molecule has 0 radical (unpaired) electrons. The van der Waals surface area contributed by atoms with Crippen LogP contribution in [0.15, 0.2) is 0 Å². The number of nitrogens with one attached hydrogen (secondary N) is 1. The lowest BCUT2D eigenvalue weighted by Gasteiger charge is -2.14. The van der Waals surface area contributed by atoms with E-state index in [2.05, 4.69) is 10.2 Å². The van der Waals surface area contributed by atoms with E-state index in [1.165, 1.54) is 0 Å². The molecule has 0 aromatic carbocycles. The van der Waals surface area contributed by atoms with Crippen LogP contribution in [0.5, 0.6) is 0 Å². The molecule has 0 amide bonds. The number of nitriles is 1. The number of hydrogen-bond acceptors (Lipinski definition) is 3. The molecule has 74 valence electrons. The minimum absolute atomic E-state index is 0.116. The van der Waals surface area contributed by atoms with Crippen molar-refractivity contribution >= 4 is 5.97 Å². The number of hydrogen-bond donors (Lipinski definition) is 2. The smallest absolute Gasteiger partial charge is 0.355 e. The van der Waals surface area contributed by atoms with E-state index in [-0.39, 0.29) is 16.7 Å². The normalized spacial score (nSPS) is 11.0. The van der Waals surface area contributed by atoms with Gasteiger partial charge in [-0.1, -0.05) is 20.8 Å². The summed E-state index contributed by atoms with van der Waals surface area (Å²) >= 11 is 0. The maximum absolute atomic E-state index is 10.7. The molecular formula is C9H11N3O2. The first-order valence-electron chi connectivity index (χ1n) is 4.10. The molecule has 1 aromatic rings. The summed E-state index contributed by atoms with van der Waals surface area (Å²) in [6.07, 6.45) is 0. The van der Waals surface area contributed by atoms with Crippen LogP contribution in [-0.4, -0.2) is 21.3 Å². The second kappa shape index (κ2) is 3.14. The molecule has 0 aliphatic carbocycles. The third-order valence-corrected chi connectivity index (χ3v) is 1.80. The van der Waals surface area contributed by atoms with Crippen LogP contribution in [0, 0.1) is 11.3 Å². The Morgan fingerprint density at radius 3 is 2.50 bits per heavy atom. The average Bonchev–Trinajstić information content (AvgIpc) is 2.45. The Labute approximate surface area is 81.4 Å². The number of aromatic nitrogens is 2. The number of carboxylic acid groups (broad SMARTS) is 1. The van der Waals surface area contributed by atoms with Gasteiger partial charge in [0, 0.05) is 5.41 Å². The number of H-pyrrole nitrogens is 1. The SMILES string of the molecule is CC(C)(C)c1n[nH]c(C(=O)O)c1C#N. The minimum atomic E-state index is -1.16. The van der Waals surface area contributed by atoms with Crippen molar-refractivity contribution in [3.8, 4) is 6.07 Å². The van der Waals surface area contributed by atoms with E-state index in [0.717, 1.165) is 0 Å². The van der Waals surface area contributed by atoms with Gasteiger partial charge in [-0.05, 0) is 0 Å². The lowest BCUT2D eigenvalue weighted by molar-refractivity contribution is 0.0690. The van der Waals surface area contributed by atoms with Crippen molar-refractivity contribution < 1.29 is 9.90 Å². The van der Waals surface area contributed by atoms with Gasteiger partial charge in [-0.25, -0.2) is 4.79 Å². The van der Waals surface area contributed by atoms with Crippen LogP contribution in [0.1, 0.15) is 42.5 Å². The topological polar surface area (TPSA) is 89.8 Å². The van der Waals surface area contributed by atoms with Crippen molar-refractivity contribution in [2.24, 2.45) is 0 Å². The Balaban J connectivity index is 3.37. The molecule has 5 nitrogen and oxygen atoms in total. The molecule has 0 saturated carbocycles. The quantitative estimate of drug-likeness (QED) is 0.702. The summed E-state index contributed by atoms with van der Waals surface area (Å²) in [7, 11) is 0. The van der Waals surface area contributed by atoms with Crippen molar-refractivity contribution in [1.82, 2.24) is 10.2 Å². The fraction of sp³-hybridized carbons (Fsp3) is 0.444. The number of carboxylic acids is 1. The molecule has 0 unspecified atom stereocenters. The van der Waals surface area contributed by atoms with Gasteiger partial charge in [0.05, 0.1) is 5.69 Å². The summed E-state index contributed by atoms with van der Waals surface area (Å²) in [5.74, 6) is -1.16. The zero-order valence-corrected chi connectivity index (χ0v) is 8.25. The van der Waals surface area contributed by atoms with Crippen molar-refractivity contribution in [2.45, 2.75) is 26.2 Å². The Morgan fingerprint density at radius 2 is 2.14 bits per heavy atom. The predicted octanol–water partition coefficient (Wildman–Crippen LogP) is 1.28. The lowest BCUT2D eigenvalue weighted by Crippen LogP contribution is -2.14. The summed E-state index contributed by atoms with van der Waals surface area (Å²) < 4.78 is 0. The van der Waals surface area contributed by atoms with Gasteiger partial charge < -0.3 is 5.11 Å². The van der Waals surface area contributed by atoms with Gasteiger partial charge in [-0.2, -0.15) is 10.4 Å². The van der Waals surface area contributed by atoms with E-state index in [0.29, 0.717) is 5.69 Å². The molecule has 0 bridgehead atoms. The maximum atomic E-state index is 10.7. The minimum Gasteiger partial charge on any atom is -0.476 e. The molecule has 1 aromatic heterocycles. The summed E-state index contributed by atoms with van der Waals surface area (Å²) in [4.78, 5) is 10.7. The van der Waals surface area contributed by atoms with E-state index in [9.17, 15) is 4.79 Å². The second-order valence-corrected chi connectivity index (χ2v) is 3.99. The molecule has 1 rings (SSSR count). The van der Waals surface area contributed by atoms with Crippen LogP contribution in [0.25, 0.3) is 0 Å². The Morgan fingerprint density at radius 1 is 1.57 bits per heavy atom. The fourth-order valence-electron chi connectivity index (χ4n) is 1.15. The molecule has 5 heteroatoms. The number of rotatable bonds is 1. The second-order valence-electron chi connectivity index (χ2n) is 3.99. The lowest BCUT2D eigenvalue weighted by atomic mass is 9.89. The molecule has 14 heavy (non-hydrogen) atoms. The van der Waals surface area contributed by atoms with Crippen LogP contribution in [-0.2, 0) is 5.41 Å². The van der Waals surface area contributed by atoms with E-state index in [1.807, 2.05) is 26.8 Å². The summed E-state index contributed by atoms with van der Waals surface area (Å²) in [6, 6.07) is 1.86. The Hall–Kier alpha value is -1.83. The Kier molecular flexibility index (Phi) is 2.30. The molecule has 0 aliphatic heterocycles. The van der Waals surface area contributed by atoms with Crippen molar-refractivity contribution in [3.05, 3.63) is 17.0 Å². The van der Waals surface area contributed by atoms with Crippen LogP contribution in [0.2, 0.25) is 0 Å². The highest BCUT2D eigenvalue weighted by atomic mass is 16.4. The first-order chi connectivity index (χ1) is 6.38. The largest absolute Gasteiger partial charge is 0.476 e. The van der Waals surface area contributed by atoms with E-state index < -0.39 is 5.97 Å². The molecule has 2 N–H and O–H groups in total. The van der Waals surface area contributed by atoms with Crippen LogP contribution in [0.4, 0.5) is 0 Å². The number of aromatic amines is 1. The van der Waals surface area contributed by atoms with Crippen molar-refractivity contribution in [3.63, 3.8) is 0 Å². The molecule has 1 heterocycles. The van der Waals surface area contributed by atoms with E-state index in [4.69, 9.17) is 10.4 Å². The van der Waals surface area contributed by atoms with Crippen LogP contribution < -0.4 is 0 Å². The summed E-state index contributed by atoms with van der Waals surface area (Å²) in [5, 5.41) is 23.8. The molecule has 0 saturated heterocycles. The van der Waals surface area contributed by atoms with Gasteiger partial charge in [0.1, 0.15) is 11.6 Å². The zero-order valence-electron chi connectivity index (χ0n) is 8.25. The number of aromatic carboxylic acids is 1. The van der Waals surface area contributed by atoms with Gasteiger partial charge in [0.25, 0.3) is 0 Å². The molecule has 0 fully saturated rings. The number of nitrogens with zero attached hydrogens (tertiary/aromatic N) is 2. The maximum Gasteiger partial charge on any atom is 0.355 e. The molecule has 0 spiro atoms. The first kappa shape index (κ1) is 10.3. The number of carbonyl (C=O) groups is 1. The van der Waals surface area contributed by atoms with Crippen LogP contribution >= 0.6 is 0 Å². The first-order valence-corrected chi connectivity index (χ1v) is 4.10. The van der Waals surface area contributed by atoms with Crippen molar-refractivity contribution in [1.29, 1.82) is 5.26 Å². The van der Waals surface area contributed by atoms with Gasteiger partial charge in [-0.15, -0.1) is 0 Å². The van der Waals surface area contributed by atoms with Gasteiger partial charge in [0.2, 0.25) is 0 Å². The predicted molar refractivity (Wildman–Crippen MR) is 49.0 cm³/mol. The Bertz CT molecular complexity index is 407.